The number of rotatable bonds is 7. The standard InChI is InChI=1S/C21H31N7O/c29-20(16-21(7-2-1-3-8-21)17-28-18-23-24-25-28)27-14-12-26(13-15-27)11-6-19-4-9-22-10-5-19/h4-5,9-10,18H,1-3,6-8,11-17H2. The second-order valence-electron chi connectivity index (χ2n) is 8.57. The molecule has 0 atom stereocenters. The van der Waals surface area contributed by atoms with Crippen molar-refractivity contribution in [3.05, 3.63) is 36.4 Å². The van der Waals surface area contributed by atoms with Crippen LogP contribution in [0, 0.1) is 5.41 Å². The van der Waals surface area contributed by atoms with Gasteiger partial charge in [0.15, 0.2) is 0 Å². The van der Waals surface area contributed by atoms with E-state index in [0.29, 0.717) is 12.3 Å². The summed E-state index contributed by atoms with van der Waals surface area (Å²) in [5.41, 5.74) is 1.32. The molecule has 1 saturated heterocycles. The van der Waals surface area contributed by atoms with Crippen molar-refractivity contribution in [1.29, 1.82) is 0 Å². The van der Waals surface area contributed by atoms with Crippen LogP contribution in [0.3, 0.4) is 0 Å². The van der Waals surface area contributed by atoms with Crippen LogP contribution in [0.25, 0.3) is 0 Å². The van der Waals surface area contributed by atoms with Crippen LogP contribution in [0.15, 0.2) is 30.9 Å². The largest absolute Gasteiger partial charge is 0.340 e. The van der Waals surface area contributed by atoms with Crippen LogP contribution in [0.5, 0.6) is 0 Å². The van der Waals surface area contributed by atoms with E-state index in [1.807, 2.05) is 12.4 Å². The molecule has 4 rings (SSSR count). The molecule has 0 unspecified atom stereocenters. The van der Waals surface area contributed by atoms with E-state index >= 15 is 0 Å². The van der Waals surface area contributed by atoms with Gasteiger partial charge in [0.1, 0.15) is 6.33 Å². The van der Waals surface area contributed by atoms with Crippen LogP contribution < -0.4 is 0 Å². The fourth-order valence-electron chi connectivity index (χ4n) is 4.78. The SMILES string of the molecule is O=C(CC1(Cn2cnnn2)CCCCC1)N1CCN(CCc2ccncc2)CC1. The van der Waals surface area contributed by atoms with Crippen molar-refractivity contribution in [2.45, 2.75) is 51.5 Å². The minimum atomic E-state index is 0.00317. The highest BCUT2D eigenvalue weighted by atomic mass is 16.2. The van der Waals surface area contributed by atoms with Crippen LogP contribution in [0.2, 0.25) is 0 Å². The molecule has 2 fully saturated rings. The second kappa shape index (κ2) is 9.43. The number of carbonyl (C=O) groups excluding carboxylic acids is 1. The maximum absolute atomic E-state index is 13.1. The van der Waals surface area contributed by atoms with Gasteiger partial charge >= 0.3 is 0 Å². The maximum Gasteiger partial charge on any atom is 0.223 e. The predicted molar refractivity (Wildman–Crippen MR) is 109 cm³/mol. The summed E-state index contributed by atoms with van der Waals surface area (Å²) in [7, 11) is 0. The van der Waals surface area contributed by atoms with Gasteiger partial charge in [-0.15, -0.1) is 5.10 Å². The summed E-state index contributed by atoms with van der Waals surface area (Å²) >= 11 is 0. The highest BCUT2D eigenvalue weighted by molar-refractivity contribution is 5.77. The maximum atomic E-state index is 13.1. The lowest BCUT2D eigenvalue weighted by atomic mass is 9.71. The molecule has 1 aliphatic carbocycles. The zero-order valence-corrected chi connectivity index (χ0v) is 17.1. The molecular formula is C21H31N7O. The van der Waals surface area contributed by atoms with Crippen LogP contribution in [0.4, 0.5) is 0 Å². The third-order valence-electron chi connectivity index (χ3n) is 6.52. The van der Waals surface area contributed by atoms with Crippen molar-refractivity contribution >= 4 is 5.91 Å². The molecule has 29 heavy (non-hydrogen) atoms. The highest BCUT2D eigenvalue weighted by Crippen LogP contribution is 2.41. The average molecular weight is 398 g/mol. The van der Waals surface area contributed by atoms with E-state index in [-0.39, 0.29) is 5.41 Å². The molecule has 2 aliphatic rings. The average Bonchev–Trinajstić information content (AvgIpc) is 3.26. The zero-order chi connectivity index (χ0) is 19.9. The van der Waals surface area contributed by atoms with E-state index < -0.39 is 0 Å². The van der Waals surface area contributed by atoms with Crippen LogP contribution in [0.1, 0.15) is 44.1 Å². The molecule has 1 amide bonds. The van der Waals surface area contributed by atoms with Crippen LogP contribution in [-0.2, 0) is 17.8 Å². The molecule has 0 spiro atoms. The second-order valence-corrected chi connectivity index (χ2v) is 8.57. The number of tetrazole rings is 1. The first-order valence-electron chi connectivity index (χ1n) is 10.8. The van der Waals surface area contributed by atoms with E-state index in [9.17, 15) is 4.79 Å². The summed E-state index contributed by atoms with van der Waals surface area (Å²) in [5.74, 6) is 0.300. The Morgan fingerprint density at radius 1 is 1.03 bits per heavy atom. The lowest BCUT2D eigenvalue weighted by molar-refractivity contribution is -0.136. The van der Waals surface area contributed by atoms with E-state index in [4.69, 9.17) is 0 Å². The van der Waals surface area contributed by atoms with Gasteiger partial charge in [-0.2, -0.15) is 0 Å². The minimum Gasteiger partial charge on any atom is -0.340 e. The molecule has 8 nitrogen and oxygen atoms in total. The molecule has 0 bridgehead atoms. The molecule has 0 radical (unpaired) electrons. The third kappa shape index (κ3) is 5.38. The van der Waals surface area contributed by atoms with Gasteiger partial charge in [-0.3, -0.25) is 14.7 Å². The molecule has 2 aromatic rings. The van der Waals surface area contributed by atoms with E-state index in [1.54, 1.807) is 11.0 Å². The number of carbonyl (C=O) groups is 1. The number of nitrogens with zero attached hydrogens (tertiary/aromatic N) is 7. The topological polar surface area (TPSA) is 80.0 Å². The first kappa shape index (κ1) is 19.9. The molecule has 3 heterocycles. The van der Waals surface area contributed by atoms with Gasteiger partial charge in [-0.25, -0.2) is 4.68 Å². The van der Waals surface area contributed by atoms with Crippen molar-refractivity contribution in [3.63, 3.8) is 0 Å². The summed E-state index contributed by atoms with van der Waals surface area (Å²) in [6.45, 7) is 5.35. The lowest BCUT2D eigenvalue weighted by Crippen LogP contribution is -2.50. The Labute approximate surface area is 172 Å². The smallest absolute Gasteiger partial charge is 0.223 e. The Morgan fingerprint density at radius 2 is 1.79 bits per heavy atom. The van der Waals surface area contributed by atoms with E-state index in [0.717, 1.165) is 58.5 Å². The number of aromatic nitrogens is 5. The minimum absolute atomic E-state index is 0.00317. The van der Waals surface area contributed by atoms with Crippen molar-refractivity contribution in [3.8, 4) is 0 Å². The van der Waals surface area contributed by atoms with Crippen LogP contribution >= 0.6 is 0 Å². The highest BCUT2D eigenvalue weighted by Gasteiger charge is 2.37. The normalized spacial score (nSPS) is 19.9. The quantitative estimate of drug-likeness (QED) is 0.709. The van der Waals surface area contributed by atoms with Crippen molar-refractivity contribution in [2.24, 2.45) is 5.41 Å². The molecule has 1 aliphatic heterocycles. The first-order chi connectivity index (χ1) is 14.2. The van der Waals surface area contributed by atoms with E-state index in [1.165, 1.54) is 24.8 Å². The Kier molecular flexibility index (Phi) is 6.49. The zero-order valence-electron chi connectivity index (χ0n) is 17.1. The Balaban J connectivity index is 1.28. The Bertz CT molecular complexity index is 751. The van der Waals surface area contributed by atoms with Crippen LogP contribution in [-0.4, -0.2) is 73.6 Å². The molecule has 8 heteroatoms. The third-order valence-corrected chi connectivity index (χ3v) is 6.52. The number of amides is 1. The lowest BCUT2D eigenvalue weighted by Gasteiger charge is -2.40. The summed E-state index contributed by atoms with van der Waals surface area (Å²) in [5, 5.41) is 11.6. The Morgan fingerprint density at radius 3 is 2.48 bits per heavy atom. The molecule has 0 aromatic carbocycles. The molecule has 156 valence electrons. The van der Waals surface area contributed by atoms with Gasteiger partial charge in [0.05, 0.1) is 6.54 Å². The Hall–Kier alpha value is -2.35. The van der Waals surface area contributed by atoms with Gasteiger partial charge in [0.2, 0.25) is 5.91 Å². The fourth-order valence-corrected chi connectivity index (χ4v) is 4.78. The molecule has 2 aromatic heterocycles. The number of hydrogen-bond donors (Lipinski definition) is 0. The monoisotopic (exact) mass is 397 g/mol. The predicted octanol–water partition coefficient (Wildman–Crippen LogP) is 1.80. The summed E-state index contributed by atoms with van der Waals surface area (Å²) < 4.78 is 1.80. The van der Waals surface area contributed by atoms with Gasteiger partial charge in [-0.1, -0.05) is 19.3 Å². The number of piperazine rings is 1. The summed E-state index contributed by atoms with van der Waals surface area (Å²) in [6.07, 6.45) is 12.8. The molecule has 0 N–H and O–H groups in total. The van der Waals surface area contributed by atoms with Gasteiger partial charge in [0.25, 0.3) is 0 Å². The molecular weight excluding hydrogens is 366 g/mol. The van der Waals surface area contributed by atoms with E-state index in [2.05, 4.69) is 42.4 Å². The van der Waals surface area contributed by atoms with Gasteiger partial charge < -0.3 is 4.90 Å². The first-order valence-corrected chi connectivity index (χ1v) is 10.8. The molecule has 1 saturated carbocycles. The fraction of sp³-hybridized carbons (Fsp3) is 0.667. The van der Waals surface area contributed by atoms with Gasteiger partial charge in [0, 0.05) is 51.5 Å². The van der Waals surface area contributed by atoms with Crippen molar-refractivity contribution < 1.29 is 4.79 Å². The number of hydrogen-bond acceptors (Lipinski definition) is 6. The van der Waals surface area contributed by atoms with Gasteiger partial charge in [-0.05, 0) is 52.8 Å². The summed E-state index contributed by atoms with van der Waals surface area (Å²) in [6, 6.07) is 4.15. The summed E-state index contributed by atoms with van der Waals surface area (Å²) in [4.78, 5) is 21.7. The van der Waals surface area contributed by atoms with Crippen molar-refractivity contribution in [2.75, 3.05) is 32.7 Å². The number of pyridine rings is 1. The van der Waals surface area contributed by atoms with Crippen molar-refractivity contribution in [1.82, 2.24) is 35.0 Å².